The van der Waals surface area contributed by atoms with Crippen LogP contribution < -0.4 is 11.1 Å². The molecule has 4 heteroatoms. The van der Waals surface area contributed by atoms with Gasteiger partial charge in [0.05, 0.1) is 0 Å². The van der Waals surface area contributed by atoms with E-state index in [9.17, 15) is 4.79 Å². The maximum absolute atomic E-state index is 12.4. The van der Waals surface area contributed by atoms with Crippen LogP contribution in [0.15, 0.2) is 0 Å². The Hall–Kier alpha value is -0.610. The molecule has 1 amide bonds. The zero-order valence-electron chi connectivity index (χ0n) is 12.4. The van der Waals surface area contributed by atoms with Crippen molar-refractivity contribution in [3.63, 3.8) is 0 Å². The molecule has 3 N–H and O–H groups in total. The predicted octanol–water partition coefficient (Wildman–Crippen LogP) is 1.35. The summed E-state index contributed by atoms with van der Waals surface area (Å²) in [5.41, 5.74) is 6.00. The molecule has 2 fully saturated rings. The summed E-state index contributed by atoms with van der Waals surface area (Å²) in [6, 6.07) is 0.455. The van der Waals surface area contributed by atoms with Gasteiger partial charge in [-0.15, -0.1) is 0 Å². The van der Waals surface area contributed by atoms with Crippen molar-refractivity contribution in [3.05, 3.63) is 0 Å². The average molecular weight is 267 g/mol. The number of nitrogens with two attached hydrogens (primary N) is 1. The molecule has 0 bridgehead atoms. The minimum absolute atomic E-state index is 0.116. The molecule has 1 saturated heterocycles. The van der Waals surface area contributed by atoms with Crippen LogP contribution in [0.2, 0.25) is 0 Å². The molecule has 1 heterocycles. The highest BCUT2D eigenvalue weighted by Gasteiger charge is 2.31. The molecule has 4 nitrogen and oxygen atoms in total. The maximum atomic E-state index is 12.4. The molecule has 1 aliphatic carbocycles. The summed E-state index contributed by atoms with van der Waals surface area (Å²) in [5, 5.41) is 3.19. The van der Waals surface area contributed by atoms with Gasteiger partial charge in [-0.1, -0.05) is 6.92 Å². The van der Waals surface area contributed by atoms with E-state index in [2.05, 4.69) is 24.1 Å². The van der Waals surface area contributed by atoms with Crippen molar-refractivity contribution in [1.82, 2.24) is 10.2 Å². The van der Waals surface area contributed by atoms with Gasteiger partial charge in [-0.05, 0) is 58.0 Å². The van der Waals surface area contributed by atoms with Gasteiger partial charge in [-0.25, -0.2) is 0 Å². The first-order valence-corrected chi connectivity index (χ1v) is 7.84. The van der Waals surface area contributed by atoms with E-state index in [0.29, 0.717) is 5.92 Å². The van der Waals surface area contributed by atoms with E-state index in [1.165, 1.54) is 25.9 Å². The van der Waals surface area contributed by atoms with Crippen LogP contribution in [-0.2, 0) is 4.79 Å². The lowest BCUT2D eigenvalue weighted by Crippen LogP contribution is -2.47. The van der Waals surface area contributed by atoms with Crippen LogP contribution in [0, 0.1) is 11.8 Å². The van der Waals surface area contributed by atoms with Crippen LogP contribution in [-0.4, -0.2) is 42.5 Å². The molecule has 4 unspecified atom stereocenters. The third kappa shape index (κ3) is 4.18. The first-order valence-electron chi connectivity index (χ1n) is 7.84. The lowest BCUT2D eigenvalue weighted by Gasteiger charge is -2.32. The Balaban J connectivity index is 1.78. The van der Waals surface area contributed by atoms with Crippen LogP contribution in [0.1, 0.15) is 46.0 Å². The fraction of sp³-hybridized carbons (Fsp3) is 0.933. The Kier molecular flexibility index (Phi) is 5.22. The molecule has 0 aromatic carbocycles. The predicted molar refractivity (Wildman–Crippen MR) is 77.8 cm³/mol. The summed E-state index contributed by atoms with van der Waals surface area (Å²) in [6.45, 7) is 7.65. The van der Waals surface area contributed by atoms with Crippen molar-refractivity contribution in [2.24, 2.45) is 17.6 Å². The van der Waals surface area contributed by atoms with Gasteiger partial charge in [0.2, 0.25) is 5.91 Å². The molecule has 1 saturated carbocycles. The molecule has 0 spiro atoms. The molecule has 110 valence electrons. The molecule has 2 rings (SSSR count). The summed E-state index contributed by atoms with van der Waals surface area (Å²) in [7, 11) is 0. The highest BCUT2D eigenvalue weighted by Crippen LogP contribution is 2.29. The third-order valence-corrected chi connectivity index (χ3v) is 4.69. The molecule has 2 aliphatic rings. The zero-order valence-corrected chi connectivity index (χ0v) is 12.4. The Morgan fingerprint density at radius 3 is 2.74 bits per heavy atom. The smallest absolute Gasteiger partial charge is 0.223 e. The van der Waals surface area contributed by atoms with Gasteiger partial charge < -0.3 is 16.0 Å². The summed E-state index contributed by atoms with van der Waals surface area (Å²) >= 11 is 0. The molecule has 19 heavy (non-hydrogen) atoms. The number of nitrogens with zero attached hydrogens (tertiary/aromatic N) is 1. The highest BCUT2D eigenvalue weighted by molar-refractivity contribution is 5.79. The van der Waals surface area contributed by atoms with Crippen molar-refractivity contribution in [3.8, 4) is 0 Å². The van der Waals surface area contributed by atoms with Crippen molar-refractivity contribution in [2.45, 2.75) is 58.0 Å². The lowest BCUT2D eigenvalue weighted by atomic mass is 9.77. The second-order valence-electron chi connectivity index (χ2n) is 6.57. The molecule has 0 aromatic rings. The zero-order chi connectivity index (χ0) is 13.8. The van der Waals surface area contributed by atoms with Gasteiger partial charge >= 0.3 is 0 Å². The minimum Gasteiger partial charge on any atom is -0.352 e. The normalized spacial score (nSPS) is 34.2. The number of amides is 1. The first-order chi connectivity index (χ1) is 9.06. The third-order valence-electron chi connectivity index (χ3n) is 4.69. The quantitative estimate of drug-likeness (QED) is 0.808. The molecular formula is C15H29N3O. The molecule has 4 atom stereocenters. The second kappa shape index (κ2) is 6.71. The number of rotatable bonds is 4. The van der Waals surface area contributed by atoms with E-state index >= 15 is 0 Å². The Labute approximate surface area is 117 Å². The molecule has 0 radical (unpaired) electrons. The number of nitrogens with one attached hydrogen (secondary N) is 1. The van der Waals surface area contributed by atoms with Crippen molar-refractivity contribution in [1.29, 1.82) is 0 Å². The average Bonchev–Trinajstić information content (AvgIpc) is 2.84. The summed E-state index contributed by atoms with van der Waals surface area (Å²) in [4.78, 5) is 14.8. The van der Waals surface area contributed by atoms with Crippen LogP contribution in [0.5, 0.6) is 0 Å². The van der Waals surface area contributed by atoms with Crippen LogP contribution in [0.25, 0.3) is 0 Å². The fourth-order valence-electron chi connectivity index (χ4n) is 3.47. The van der Waals surface area contributed by atoms with Crippen molar-refractivity contribution in [2.75, 3.05) is 19.6 Å². The monoisotopic (exact) mass is 267 g/mol. The Bertz CT molecular complexity index is 302. The van der Waals surface area contributed by atoms with E-state index < -0.39 is 0 Å². The van der Waals surface area contributed by atoms with Crippen LogP contribution in [0.4, 0.5) is 0 Å². The van der Waals surface area contributed by atoms with Gasteiger partial charge in [0.15, 0.2) is 0 Å². The first kappa shape index (κ1) is 14.8. The fourth-order valence-corrected chi connectivity index (χ4v) is 3.47. The number of hydrogen-bond donors (Lipinski definition) is 2. The van der Waals surface area contributed by atoms with Gasteiger partial charge in [0, 0.05) is 24.5 Å². The van der Waals surface area contributed by atoms with Gasteiger partial charge in [0.25, 0.3) is 0 Å². The van der Waals surface area contributed by atoms with Crippen LogP contribution in [0.3, 0.4) is 0 Å². The second-order valence-corrected chi connectivity index (χ2v) is 6.57. The Morgan fingerprint density at radius 2 is 2.05 bits per heavy atom. The molecule has 1 aliphatic heterocycles. The SMILES string of the molecule is CC(CN1CCCC1)NC(=O)C1CC(N)CCC1C. The van der Waals surface area contributed by atoms with Crippen molar-refractivity contribution >= 4 is 5.91 Å². The highest BCUT2D eigenvalue weighted by atomic mass is 16.2. The van der Waals surface area contributed by atoms with Crippen LogP contribution >= 0.6 is 0 Å². The number of carbonyl (C=O) groups is 1. The number of carbonyl (C=O) groups excluding carboxylic acids is 1. The minimum atomic E-state index is 0.116. The maximum Gasteiger partial charge on any atom is 0.223 e. The summed E-state index contributed by atoms with van der Waals surface area (Å²) in [6.07, 6.45) is 5.60. The number of likely N-dealkylation sites (tertiary alicyclic amines) is 1. The van der Waals surface area contributed by atoms with Crippen molar-refractivity contribution < 1.29 is 4.79 Å². The van der Waals surface area contributed by atoms with E-state index in [-0.39, 0.29) is 23.9 Å². The lowest BCUT2D eigenvalue weighted by molar-refractivity contribution is -0.128. The molecule has 0 aromatic heterocycles. The topological polar surface area (TPSA) is 58.4 Å². The van der Waals surface area contributed by atoms with Gasteiger partial charge in [-0.3, -0.25) is 4.79 Å². The van der Waals surface area contributed by atoms with E-state index in [4.69, 9.17) is 5.73 Å². The van der Waals surface area contributed by atoms with Gasteiger partial charge in [-0.2, -0.15) is 0 Å². The van der Waals surface area contributed by atoms with E-state index in [1.807, 2.05) is 0 Å². The standard InChI is InChI=1S/C15H29N3O/c1-11-5-6-13(16)9-14(11)15(19)17-12(2)10-18-7-3-4-8-18/h11-14H,3-10,16H2,1-2H3,(H,17,19). The largest absolute Gasteiger partial charge is 0.352 e. The van der Waals surface area contributed by atoms with Gasteiger partial charge in [0.1, 0.15) is 0 Å². The summed E-state index contributed by atoms with van der Waals surface area (Å²) < 4.78 is 0. The number of hydrogen-bond acceptors (Lipinski definition) is 3. The molecular weight excluding hydrogens is 238 g/mol. The van der Waals surface area contributed by atoms with E-state index in [0.717, 1.165) is 25.8 Å². The Morgan fingerprint density at radius 1 is 1.37 bits per heavy atom. The van der Waals surface area contributed by atoms with E-state index in [1.54, 1.807) is 0 Å². The summed E-state index contributed by atoms with van der Waals surface area (Å²) in [5.74, 6) is 0.804.